The van der Waals surface area contributed by atoms with Crippen LogP contribution in [0.2, 0.25) is 5.15 Å². The molecule has 1 unspecified atom stereocenters. The van der Waals surface area contributed by atoms with Gasteiger partial charge in [-0.25, -0.2) is 15.0 Å². The van der Waals surface area contributed by atoms with E-state index in [-0.39, 0.29) is 5.92 Å². The number of para-hydroxylation sites is 1. The number of benzene rings is 2. The topological polar surface area (TPSA) is 63.6 Å². The first-order valence-electron chi connectivity index (χ1n) is 10.4. The Balaban J connectivity index is 1.54. The molecule has 0 aliphatic rings. The summed E-state index contributed by atoms with van der Waals surface area (Å²) >= 11 is 6.20. The molecule has 2 aromatic carbocycles. The second-order valence-corrected chi connectivity index (χ2v) is 7.77. The van der Waals surface area contributed by atoms with Crippen molar-refractivity contribution in [3.8, 4) is 11.4 Å². The van der Waals surface area contributed by atoms with Gasteiger partial charge in [0.25, 0.3) is 0 Å². The Morgan fingerprint density at radius 2 is 1.62 bits per heavy atom. The van der Waals surface area contributed by atoms with Crippen LogP contribution in [0.1, 0.15) is 17.2 Å². The average molecular weight is 438 g/mol. The number of aromatic nitrogens is 4. The highest BCUT2D eigenvalue weighted by Gasteiger charge is 2.17. The Bertz CT molecular complexity index is 1340. The molecule has 0 aliphatic carbocycles. The number of nitrogens with zero attached hydrogens (tertiary/aromatic N) is 4. The summed E-state index contributed by atoms with van der Waals surface area (Å²) in [5, 5.41) is 5.00. The quantitative estimate of drug-likeness (QED) is 0.331. The molecule has 5 rings (SSSR count). The van der Waals surface area contributed by atoms with Crippen molar-refractivity contribution in [1.82, 2.24) is 19.9 Å². The maximum Gasteiger partial charge on any atom is 0.163 e. The molecule has 5 nitrogen and oxygen atoms in total. The summed E-state index contributed by atoms with van der Waals surface area (Å²) in [6.45, 7) is 0.602. The molecule has 0 radical (unpaired) electrons. The van der Waals surface area contributed by atoms with E-state index in [0.717, 1.165) is 33.5 Å². The standard InChI is InChI=1S/C26H20ClN5/c27-24-14-6-13-23(30-24)21(18-8-2-1-3-9-18)17-29-26-20-11-4-5-12-22(20)31-25(32-26)19-10-7-15-28-16-19/h1-16,21H,17H2,(H,29,31,32). The van der Waals surface area contributed by atoms with Crippen LogP contribution in [0, 0.1) is 0 Å². The van der Waals surface area contributed by atoms with Crippen molar-refractivity contribution in [2.24, 2.45) is 0 Å². The lowest BCUT2D eigenvalue weighted by molar-refractivity contribution is 0.814. The van der Waals surface area contributed by atoms with Gasteiger partial charge in [0.1, 0.15) is 11.0 Å². The van der Waals surface area contributed by atoms with Crippen LogP contribution in [0.5, 0.6) is 0 Å². The van der Waals surface area contributed by atoms with Crippen LogP contribution in [0.15, 0.2) is 97.3 Å². The molecule has 32 heavy (non-hydrogen) atoms. The van der Waals surface area contributed by atoms with Crippen molar-refractivity contribution in [1.29, 1.82) is 0 Å². The van der Waals surface area contributed by atoms with Crippen molar-refractivity contribution < 1.29 is 0 Å². The molecule has 1 atom stereocenters. The van der Waals surface area contributed by atoms with E-state index in [1.165, 1.54) is 0 Å². The first-order chi connectivity index (χ1) is 15.8. The van der Waals surface area contributed by atoms with E-state index < -0.39 is 0 Å². The van der Waals surface area contributed by atoms with E-state index in [2.05, 4.69) is 27.4 Å². The van der Waals surface area contributed by atoms with Crippen molar-refractivity contribution >= 4 is 28.3 Å². The van der Waals surface area contributed by atoms with Gasteiger partial charge in [0.05, 0.1) is 11.2 Å². The molecule has 5 aromatic rings. The maximum absolute atomic E-state index is 6.20. The summed E-state index contributed by atoms with van der Waals surface area (Å²) in [5.74, 6) is 1.42. The minimum Gasteiger partial charge on any atom is -0.368 e. The summed E-state index contributed by atoms with van der Waals surface area (Å²) in [7, 11) is 0. The smallest absolute Gasteiger partial charge is 0.163 e. The summed E-state index contributed by atoms with van der Waals surface area (Å²) in [6.07, 6.45) is 3.52. The normalized spacial score (nSPS) is 11.9. The van der Waals surface area contributed by atoms with Gasteiger partial charge in [-0.15, -0.1) is 0 Å². The lowest BCUT2D eigenvalue weighted by Gasteiger charge is -2.19. The van der Waals surface area contributed by atoms with Crippen LogP contribution in [-0.4, -0.2) is 26.5 Å². The Morgan fingerprint density at radius 1 is 0.781 bits per heavy atom. The predicted octanol–water partition coefficient (Wildman–Crippen LogP) is 5.98. The molecule has 156 valence electrons. The van der Waals surface area contributed by atoms with Gasteiger partial charge < -0.3 is 5.32 Å². The molecule has 0 saturated heterocycles. The van der Waals surface area contributed by atoms with E-state index in [4.69, 9.17) is 21.6 Å². The number of anilines is 1. The average Bonchev–Trinajstić information content (AvgIpc) is 2.85. The van der Waals surface area contributed by atoms with Gasteiger partial charge in [-0.2, -0.15) is 0 Å². The Hall–Kier alpha value is -3.83. The van der Waals surface area contributed by atoms with Crippen molar-refractivity contribution in [2.45, 2.75) is 5.92 Å². The summed E-state index contributed by atoms with van der Waals surface area (Å²) in [5.41, 5.74) is 3.81. The highest BCUT2D eigenvalue weighted by Crippen LogP contribution is 2.28. The van der Waals surface area contributed by atoms with E-state index in [9.17, 15) is 0 Å². The van der Waals surface area contributed by atoms with Gasteiger partial charge >= 0.3 is 0 Å². The van der Waals surface area contributed by atoms with Gasteiger partial charge in [0.15, 0.2) is 5.82 Å². The number of nitrogens with one attached hydrogen (secondary N) is 1. The highest BCUT2D eigenvalue weighted by molar-refractivity contribution is 6.29. The van der Waals surface area contributed by atoms with Gasteiger partial charge in [-0.05, 0) is 42.0 Å². The molecule has 0 aliphatic heterocycles. The predicted molar refractivity (Wildman–Crippen MR) is 129 cm³/mol. The molecular formula is C26H20ClN5. The molecule has 0 fully saturated rings. The Labute approximate surface area is 191 Å². The zero-order chi connectivity index (χ0) is 21.8. The lowest BCUT2D eigenvalue weighted by atomic mass is 9.95. The second kappa shape index (κ2) is 9.12. The molecular weight excluding hydrogens is 418 g/mol. The first kappa shape index (κ1) is 20.1. The Morgan fingerprint density at radius 3 is 2.44 bits per heavy atom. The maximum atomic E-state index is 6.20. The van der Waals surface area contributed by atoms with E-state index >= 15 is 0 Å². The minimum atomic E-state index is 0.00506. The van der Waals surface area contributed by atoms with E-state index in [1.807, 2.05) is 66.7 Å². The largest absolute Gasteiger partial charge is 0.368 e. The fraction of sp³-hybridized carbons (Fsp3) is 0.0769. The monoisotopic (exact) mass is 437 g/mol. The van der Waals surface area contributed by atoms with Crippen LogP contribution in [-0.2, 0) is 0 Å². The third-order valence-electron chi connectivity index (χ3n) is 5.29. The van der Waals surface area contributed by atoms with Crippen molar-refractivity contribution in [2.75, 3.05) is 11.9 Å². The van der Waals surface area contributed by atoms with E-state index in [1.54, 1.807) is 18.5 Å². The van der Waals surface area contributed by atoms with Gasteiger partial charge in [0.2, 0.25) is 0 Å². The van der Waals surface area contributed by atoms with Crippen LogP contribution < -0.4 is 5.32 Å². The van der Waals surface area contributed by atoms with Crippen LogP contribution in [0.4, 0.5) is 5.82 Å². The molecule has 0 bridgehead atoms. The summed E-state index contributed by atoms with van der Waals surface area (Å²) < 4.78 is 0. The van der Waals surface area contributed by atoms with Crippen LogP contribution in [0.3, 0.4) is 0 Å². The van der Waals surface area contributed by atoms with Gasteiger partial charge in [0, 0.05) is 35.8 Å². The third kappa shape index (κ3) is 4.29. The molecule has 1 N–H and O–H groups in total. The fourth-order valence-corrected chi connectivity index (χ4v) is 3.90. The first-order valence-corrected chi connectivity index (χ1v) is 10.7. The lowest BCUT2D eigenvalue weighted by Crippen LogP contribution is -2.16. The number of fused-ring (bicyclic) bond motifs is 1. The van der Waals surface area contributed by atoms with Gasteiger partial charge in [-0.3, -0.25) is 4.98 Å². The highest BCUT2D eigenvalue weighted by atomic mass is 35.5. The summed E-state index contributed by atoms with van der Waals surface area (Å²) in [4.78, 5) is 18.4. The molecule has 3 heterocycles. The fourth-order valence-electron chi connectivity index (χ4n) is 3.73. The third-order valence-corrected chi connectivity index (χ3v) is 5.50. The van der Waals surface area contributed by atoms with Crippen molar-refractivity contribution in [3.05, 3.63) is 114 Å². The van der Waals surface area contributed by atoms with Gasteiger partial charge in [-0.1, -0.05) is 60.1 Å². The number of pyridine rings is 2. The van der Waals surface area contributed by atoms with Crippen LogP contribution >= 0.6 is 11.6 Å². The number of hydrogen-bond acceptors (Lipinski definition) is 5. The zero-order valence-corrected chi connectivity index (χ0v) is 17.9. The molecule has 3 aromatic heterocycles. The number of hydrogen-bond donors (Lipinski definition) is 1. The van der Waals surface area contributed by atoms with Crippen LogP contribution in [0.25, 0.3) is 22.3 Å². The van der Waals surface area contributed by atoms with Crippen molar-refractivity contribution in [3.63, 3.8) is 0 Å². The SMILES string of the molecule is Clc1cccc(C(CNc2nc(-c3cccnc3)nc3ccccc23)c2ccccc2)n1. The Kier molecular flexibility index (Phi) is 5.73. The molecule has 0 amide bonds. The van der Waals surface area contributed by atoms with E-state index in [0.29, 0.717) is 17.5 Å². The summed E-state index contributed by atoms with van der Waals surface area (Å²) in [6, 6.07) is 27.9. The molecule has 6 heteroatoms. The molecule has 0 spiro atoms. The minimum absolute atomic E-state index is 0.00506. The second-order valence-electron chi connectivity index (χ2n) is 7.38. The molecule has 0 saturated carbocycles. The number of halogens is 1. The zero-order valence-electron chi connectivity index (χ0n) is 17.2. The number of rotatable bonds is 6.